The summed E-state index contributed by atoms with van der Waals surface area (Å²) in [7, 11) is 0. The third-order valence-electron chi connectivity index (χ3n) is 6.80. The van der Waals surface area contributed by atoms with Crippen molar-refractivity contribution in [3.63, 3.8) is 0 Å². The van der Waals surface area contributed by atoms with Crippen LogP contribution in [0.4, 0.5) is 11.4 Å². The van der Waals surface area contributed by atoms with Gasteiger partial charge in [0.2, 0.25) is 18.6 Å². The van der Waals surface area contributed by atoms with Gasteiger partial charge in [-0.05, 0) is 73.0 Å². The van der Waals surface area contributed by atoms with Crippen molar-refractivity contribution in [3.8, 4) is 17.2 Å². The van der Waals surface area contributed by atoms with Crippen LogP contribution >= 0.6 is 0 Å². The number of ether oxygens (including phenoxy) is 3. The van der Waals surface area contributed by atoms with Gasteiger partial charge in [-0.1, -0.05) is 18.2 Å². The minimum atomic E-state index is -0.443. The molecule has 0 aliphatic carbocycles. The van der Waals surface area contributed by atoms with Gasteiger partial charge in [-0.15, -0.1) is 0 Å². The molecule has 1 atom stereocenters. The van der Waals surface area contributed by atoms with Gasteiger partial charge in [-0.25, -0.2) is 0 Å². The SMILES string of the molecule is Cc1cccc(NC(=O)COc2ccc(N3C[C@H](C(=O)NCc4ccc5c(c4)OCO5)CC3=O)cc2)c1C. The number of nitrogens with one attached hydrogen (secondary N) is 2. The number of nitrogens with zero attached hydrogens (tertiary/aromatic N) is 1. The van der Waals surface area contributed by atoms with E-state index in [4.69, 9.17) is 14.2 Å². The molecule has 1 fully saturated rings. The Labute approximate surface area is 220 Å². The van der Waals surface area contributed by atoms with Gasteiger partial charge in [-0.3, -0.25) is 14.4 Å². The summed E-state index contributed by atoms with van der Waals surface area (Å²) in [6.07, 6.45) is 0.143. The minimum absolute atomic E-state index is 0.116. The zero-order chi connectivity index (χ0) is 26.6. The molecule has 3 amide bonds. The molecule has 0 unspecified atom stereocenters. The van der Waals surface area contributed by atoms with Crippen LogP contribution < -0.4 is 29.7 Å². The summed E-state index contributed by atoms with van der Waals surface area (Å²) in [6.45, 7) is 4.64. The second-order valence-electron chi connectivity index (χ2n) is 9.39. The molecular weight excluding hydrogens is 486 g/mol. The van der Waals surface area contributed by atoms with Crippen LogP contribution in [0.3, 0.4) is 0 Å². The number of hydrogen-bond donors (Lipinski definition) is 2. The number of benzene rings is 3. The first kappa shape index (κ1) is 25.1. The number of anilines is 2. The van der Waals surface area contributed by atoms with Crippen LogP contribution in [-0.4, -0.2) is 37.7 Å². The smallest absolute Gasteiger partial charge is 0.262 e. The predicted molar refractivity (Wildman–Crippen MR) is 141 cm³/mol. The first-order chi connectivity index (χ1) is 18.4. The molecule has 9 nitrogen and oxygen atoms in total. The molecule has 2 heterocycles. The molecule has 196 valence electrons. The fourth-order valence-electron chi connectivity index (χ4n) is 4.46. The maximum Gasteiger partial charge on any atom is 0.262 e. The van der Waals surface area contributed by atoms with Crippen LogP contribution in [0.5, 0.6) is 17.2 Å². The lowest BCUT2D eigenvalue weighted by Crippen LogP contribution is -2.32. The third-order valence-corrected chi connectivity index (χ3v) is 6.80. The van der Waals surface area contributed by atoms with Gasteiger partial charge < -0.3 is 29.7 Å². The van der Waals surface area contributed by atoms with Crippen LogP contribution in [0.1, 0.15) is 23.1 Å². The van der Waals surface area contributed by atoms with Gasteiger partial charge in [0, 0.05) is 30.9 Å². The minimum Gasteiger partial charge on any atom is -0.484 e. The Morgan fingerprint density at radius 3 is 2.63 bits per heavy atom. The number of aryl methyl sites for hydroxylation is 1. The third kappa shape index (κ3) is 5.56. The first-order valence-electron chi connectivity index (χ1n) is 12.4. The van der Waals surface area contributed by atoms with Crippen molar-refractivity contribution in [2.45, 2.75) is 26.8 Å². The fraction of sp³-hybridized carbons (Fsp3) is 0.276. The average Bonchev–Trinajstić information content (AvgIpc) is 3.55. The fourth-order valence-corrected chi connectivity index (χ4v) is 4.46. The van der Waals surface area contributed by atoms with E-state index in [2.05, 4.69) is 10.6 Å². The monoisotopic (exact) mass is 515 g/mol. The van der Waals surface area contributed by atoms with Crippen LogP contribution in [0.15, 0.2) is 60.7 Å². The van der Waals surface area contributed by atoms with E-state index in [1.54, 1.807) is 29.2 Å². The molecule has 1 saturated heterocycles. The molecular formula is C29H29N3O6. The van der Waals surface area contributed by atoms with Crippen LogP contribution in [-0.2, 0) is 20.9 Å². The van der Waals surface area contributed by atoms with E-state index < -0.39 is 5.92 Å². The lowest BCUT2D eigenvalue weighted by Gasteiger charge is -2.17. The van der Waals surface area contributed by atoms with Gasteiger partial charge in [0.15, 0.2) is 18.1 Å². The number of amides is 3. The number of carbonyl (C=O) groups excluding carboxylic acids is 3. The Morgan fingerprint density at radius 1 is 1.03 bits per heavy atom. The predicted octanol–water partition coefficient (Wildman–Crippen LogP) is 3.72. The Bertz CT molecular complexity index is 1370. The Kier molecular flexibility index (Phi) is 7.17. The summed E-state index contributed by atoms with van der Waals surface area (Å²) in [4.78, 5) is 39.3. The number of rotatable bonds is 8. The number of carbonyl (C=O) groups is 3. The van der Waals surface area contributed by atoms with E-state index in [-0.39, 0.29) is 37.5 Å². The summed E-state index contributed by atoms with van der Waals surface area (Å²) >= 11 is 0. The second-order valence-corrected chi connectivity index (χ2v) is 9.39. The molecule has 3 aromatic carbocycles. The van der Waals surface area contributed by atoms with Gasteiger partial charge in [0.05, 0.1) is 5.92 Å². The van der Waals surface area contributed by atoms with Crippen LogP contribution in [0.2, 0.25) is 0 Å². The average molecular weight is 516 g/mol. The Morgan fingerprint density at radius 2 is 1.82 bits per heavy atom. The van der Waals surface area contributed by atoms with E-state index in [1.165, 1.54) is 0 Å². The van der Waals surface area contributed by atoms with Crippen molar-refractivity contribution in [3.05, 3.63) is 77.4 Å². The molecule has 2 aliphatic rings. The van der Waals surface area contributed by atoms with Gasteiger partial charge >= 0.3 is 0 Å². The number of fused-ring (bicyclic) bond motifs is 1. The molecule has 0 radical (unpaired) electrons. The first-order valence-corrected chi connectivity index (χ1v) is 12.4. The van der Waals surface area contributed by atoms with E-state index in [0.29, 0.717) is 36.0 Å². The molecule has 2 aliphatic heterocycles. The van der Waals surface area contributed by atoms with E-state index in [9.17, 15) is 14.4 Å². The largest absolute Gasteiger partial charge is 0.484 e. The van der Waals surface area contributed by atoms with Crippen molar-refractivity contribution < 1.29 is 28.6 Å². The van der Waals surface area contributed by atoms with Crippen molar-refractivity contribution in [1.29, 1.82) is 0 Å². The maximum atomic E-state index is 12.7. The molecule has 0 aromatic heterocycles. The van der Waals surface area contributed by atoms with Crippen LogP contribution in [0.25, 0.3) is 0 Å². The maximum absolute atomic E-state index is 12.7. The molecule has 5 rings (SSSR count). The molecule has 9 heteroatoms. The van der Waals surface area contributed by atoms with Gasteiger partial charge in [0.1, 0.15) is 5.75 Å². The lowest BCUT2D eigenvalue weighted by atomic mass is 10.1. The highest BCUT2D eigenvalue weighted by Gasteiger charge is 2.35. The van der Waals surface area contributed by atoms with Crippen molar-refractivity contribution >= 4 is 29.1 Å². The lowest BCUT2D eigenvalue weighted by molar-refractivity contribution is -0.126. The summed E-state index contributed by atoms with van der Waals surface area (Å²) in [5, 5.41) is 5.78. The molecule has 0 spiro atoms. The summed E-state index contributed by atoms with van der Waals surface area (Å²) in [6, 6.07) is 18.2. The quantitative estimate of drug-likeness (QED) is 0.474. The van der Waals surface area contributed by atoms with Gasteiger partial charge in [0.25, 0.3) is 5.91 Å². The zero-order valence-corrected chi connectivity index (χ0v) is 21.3. The molecule has 38 heavy (non-hydrogen) atoms. The summed E-state index contributed by atoms with van der Waals surface area (Å²) in [5.41, 5.74) is 4.44. The highest BCUT2D eigenvalue weighted by molar-refractivity contribution is 6.00. The Hall–Kier alpha value is -4.53. The summed E-state index contributed by atoms with van der Waals surface area (Å²) < 4.78 is 16.3. The highest BCUT2D eigenvalue weighted by atomic mass is 16.7. The van der Waals surface area contributed by atoms with Crippen LogP contribution in [0, 0.1) is 19.8 Å². The molecule has 0 saturated carbocycles. The molecule has 2 N–H and O–H groups in total. The number of hydrogen-bond acceptors (Lipinski definition) is 6. The Balaban J connectivity index is 1.11. The second kappa shape index (κ2) is 10.8. The van der Waals surface area contributed by atoms with Crippen molar-refractivity contribution in [2.24, 2.45) is 5.92 Å². The normalized spacial score (nSPS) is 15.9. The topological polar surface area (TPSA) is 106 Å². The zero-order valence-electron chi connectivity index (χ0n) is 21.3. The summed E-state index contributed by atoms with van der Waals surface area (Å²) in [5.74, 6) is 0.869. The van der Waals surface area contributed by atoms with E-state index in [0.717, 1.165) is 22.4 Å². The highest BCUT2D eigenvalue weighted by Crippen LogP contribution is 2.32. The standard InChI is InChI=1S/C29H29N3O6/c1-18-4-3-5-24(19(18)2)31-27(33)16-36-23-9-7-22(8-10-23)32-15-21(13-28(32)34)29(35)30-14-20-6-11-25-26(12-20)38-17-37-25/h3-12,21H,13-17H2,1-2H3,(H,30,35)(H,31,33)/t21-/m1/s1. The van der Waals surface area contributed by atoms with E-state index in [1.807, 2.05) is 50.2 Å². The molecule has 3 aromatic rings. The van der Waals surface area contributed by atoms with Gasteiger partial charge in [-0.2, -0.15) is 0 Å². The van der Waals surface area contributed by atoms with E-state index >= 15 is 0 Å². The van der Waals surface area contributed by atoms with Crippen molar-refractivity contribution in [2.75, 3.05) is 30.2 Å². The molecule has 0 bridgehead atoms. The van der Waals surface area contributed by atoms with Crippen molar-refractivity contribution in [1.82, 2.24) is 5.32 Å².